The number of epoxide rings is 1. The van der Waals surface area contributed by atoms with Crippen molar-refractivity contribution in [3.63, 3.8) is 0 Å². The molecule has 1 aromatic carbocycles. The largest absolute Gasteiger partial charge is 0.489 e. The van der Waals surface area contributed by atoms with Crippen LogP contribution in [0.25, 0.3) is 0 Å². The summed E-state index contributed by atoms with van der Waals surface area (Å²) in [4.78, 5) is 0. The second-order valence-corrected chi connectivity index (χ2v) is 2.87. The lowest BCUT2D eigenvalue weighted by atomic mass is 10.2. The van der Waals surface area contributed by atoms with Crippen molar-refractivity contribution in [2.75, 3.05) is 13.2 Å². The first-order valence-electron chi connectivity index (χ1n) is 4.13. The molecular weight excluding hydrogens is 166 g/mol. The Morgan fingerprint density at radius 1 is 1.54 bits per heavy atom. The smallest absolute Gasteiger partial charge is 0.137 e. The van der Waals surface area contributed by atoms with Gasteiger partial charge in [-0.3, -0.25) is 0 Å². The zero-order valence-corrected chi connectivity index (χ0v) is 7.06. The number of rotatable bonds is 3. The molecular formula is C10H9NO2. The zero-order chi connectivity index (χ0) is 9.10. The molecule has 1 heterocycles. The van der Waals surface area contributed by atoms with Gasteiger partial charge in [-0.15, -0.1) is 0 Å². The molecule has 1 aliphatic rings. The molecule has 1 atom stereocenters. The Balaban J connectivity index is 2.05. The lowest BCUT2D eigenvalue weighted by Gasteiger charge is -2.04. The molecule has 0 bridgehead atoms. The molecule has 0 radical (unpaired) electrons. The van der Waals surface area contributed by atoms with Crippen molar-refractivity contribution in [3.05, 3.63) is 29.8 Å². The molecule has 1 fully saturated rings. The monoisotopic (exact) mass is 175 g/mol. The van der Waals surface area contributed by atoms with E-state index >= 15 is 0 Å². The summed E-state index contributed by atoms with van der Waals surface area (Å²) in [6.07, 6.45) is 0.228. The van der Waals surface area contributed by atoms with E-state index in [4.69, 9.17) is 14.7 Å². The topological polar surface area (TPSA) is 45.5 Å². The Morgan fingerprint density at radius 3 is 3.00 bits per heavy atom. The minimum Gasteiger partial charge on any atom is -0.489 e. The normalized spacial score (nSPS) is 19.2. The molecule has 66 valence electrons. The molecule has 0 aliphatic carbocycles. The summed E-state index contributed by atoms with van der Waals surface area (Å²) >= 11 is 0. The van der Waals surface area contributed by atoms with Gasteiger partial charge < -0.3 is 9.47 Å². The fraction of sp³-hybridized carbons (Fsp3) is 0.300. The van der Waals surface area contributed by atoms with Gasteiger partial charge in [0.05, 0.1) is 12.2 Å². The van der Waals surface area contributed by atoms with Crippen LogP contribution in [-0.4, -0.2) is 19.3 Å². The molecule has 3 nitrogen and oxygen atoms in total. The van der Waals surface area contributed by atoms with Crippen LogP contribution in [0.1, 0.15) is 5.56 Å². The lowest BCUT2D eigenvalue weighted by molar-refractivity contribution is 0.262. The number of nitriles is 1. The third kappa shape index (κ3) is 1.98. The van der Waals surface area contributed by atoms with Crippen molar-refractivity contribution in [1.29, 1.82) is 5.26 Å². The summed E-state index contributed by atoms with van der Waals surface area (Å²) in [5.41, 5.74) is 0.572. The van der Waals surface area contributed by atoms with Crippen LogP contribution in [0.15, 0.2) is 24.3 Å². The number of hydrogen-bond donors (Lipinski definition) is 0. The van der Waals surface area contributed by atoms with Crippen LogP contribution in [0.3, 0.4) is 0 Å². The summed E-state index contributed by atoms with van der Waals surface area (Å²) in [7, 11) is 0. The van der Waals surface area contributed by atoms with Gasteiger partial charge in [-0.2, -0.15) is 5.26 Å². The predicted molar refractivity (Wildman–Crippen MR) is 46.4 cm³/mol. The third-order valence-electron chi connectivity index (χ3n) is 1.83. The zero-order valence-electron chi connectivity index (χ0n) is 7.06. The van der Waals surface area contributed by atoms with Crippen molar-refractivity contribution in [3.8, 4) is 11.8 Å². The maximum absolute atomic E-state index is 8.74. The van der Waals surface area contributed by atoms with E-state index in [1.54, 1.807) is 12.1 Å². The van der Waals surface area contributed by atoms with Crippen LogP contribution in [0.2, 0.25) is 0 Å². The number of nitrogens with zero attached hydrogens (tertiary/aromatic N) is 1. The molecule has 0 unspecified atom stereocenters. The Labute approximate surface area is 76.5 Å². The highest BCUT2D eigenvalue weighted by molar-refractivity contribution is 5.42. The highest BCUT2D eigenvalue weighted by Crippen LogP contribution is 2.18. The van der Waals surface area contributed by atoms with Gasteiger partial charge in [0, 0.05) is 0 Å². The third-order valence-corrected chi connectivity index (χ3v) is 1.83. The predicted octanol–water partition coefficient (Wildman–Crippen LogP) is 1.34. The molecule has 1 aliphatic heterocycles. The summed E-state index contributed by atoms with van der Waals surface area (Å²) in [5.74, 6) is 0.639. The average molecular weight is 175 g/mol. The van der Waals surface area contributed by atoms with Crippen molar-refractivity contribution < 1.29 is 9.47 Å². The van der Waals surface area contributed by atoms with Gasteiger partial charge in [-0.05, 0) is 12.1 Å². The van der Waals surface area contributed by atoms with Gasteiger partial charge >= 0.3 is 0 Å². The van der Waals surface area contributed by atoms with Crippen LogP contribution < -0.4 is 4.74 Å². The Morgan fingerprint density at radius 2 is 2.31 bits per heavy atom. The van der Waals surface area contributed by atoms with Crippen molar-refractivity contribution >= 4 is 0 Å². The first kappa shape index (κ1) is 8.09. The SMILES string of the molecule is N#Cc1ccccc1OC[C@@H]1CO1. The van der Waals surface area contributed by atoms with E-state index in [9.17, 15) is 0 Å². The van der Waals surface area contributed by atoms with Crippen LogP contribution in [-0.2, 0) is 4.74 Å². The van der Waals surface area contributed by atoms with Crippen molar-refractivity contribution in [2.45, 2.75) is 6.10 Å². The first-order chi connectivity index (χ1) is 6.40. The summed E-state index contributed by atoms with van der Waals surface area (Å²) in [6.45, 7) is 1.31. The van der Waals surface area contributed by atoms with Gasteiger partial charge in [-0.1, -0.05) is 12.1 Å². The second-order valence-electron chi connectivity index (χ2n) is 2.87. The van der Waals surface area contributed by atoms with E-state index in [-0.39, 0.29) is 6.10 Å². The average Bonchev–Trinajstić information content (AvgIpc) is 2.99. The molecule has 3 heteroatoms. The number of benzene rings is 1. The Bertz CT molecular complexity index is 339. The molecule has 13 heavy (non-hydrogen) atoms. The lowest BCUT2D eigenvalue weighted by Crippen LogP contribution is -2.04. The van der Waals surface area contributed by atoms with Gasteiger partial charge in [0.15, 0.2) is 0 Å². The molecule has 1 saturated heterocycles. The molecule has 2 rings (SSSR count). The van der Waals surface area contributed by atoms with E-state index in [1.807, 2.05) is 12.1 Å². The van der Waals surface area contributed by atoms with E-state index in [2.05, 4.69) is 6.07 Å². The number of para-hydroxylation sites is 1. The first-order valence-corrected chi connectivity index (χ1v) is 4.13. The maximum atomic E-state index is 8.74. The molecule has 0 saturated carbocycles. The van der Waals surface area contributed by atoms with Gasteiger partial charge in [0.25, 0.3) is 0 Å². The summed E-state index contributed by atoms with van der Waals surface area (Å²) < 4.78 is 10.4. The highest BCUT2D eigenvalue weighted by atomic mass is 16.6. The standard InChI is InChI=1S/C10H9NO2/c11-5-8-3-1-2-4-10(8)13-7-9-6-12-9/h1-4,9H,6-7H2/t9-/m0/s1. The molecule has 0 amide bonds. The van der Waals surface area contributed by atoms with Crippen LogP contribution in [0, 0.1) is 11.3 Å². The Kier molecular flexibility index (Phi) is 2.15. The summed E-state index contributed by atoms with van der Waals surface area (Å²) in [5, 5.41) is 8.74. The van der Waals surface area contributed by atoms with E-state index in [0.717, 1.165) is 6.61 Å². The number of ether oxygens (including phenoxy) is 2. The van der Waals surface area contributed by atoms with Gasteiger partial charge in [0.1, 0.15) is 24.5 Å². The summed E-state index contributed by atoms with van der Waals surface area (Å²) in [6, 6.07) is 9.28. The second kappa shape index (κ2) is 3.46. The van der Waals surface area contributed by atoms with Crippen LogP contribution in [0.4, 0.5) is 0 Å². The van der Waals surface area contributed by atoms with E-state index < -0.39 is 0 Å². The van der Waals surface area contributed by atoms with E-state index in [1.165, 1.54) is 0 Å². The molecule has 1 aromatic rings. The van der Waals surface area contributed by atoms with Crippen LogP contribution >= 0.6 is 0 Å². The maximum Gasteiger partial charge on any atom is 0.137 e. The fourth-order valence-electron chi connectivity index (χ4n) is 1.03. The molecule has 0 aromatic heterocycles. The van der Waals surface area contributed by atoms with Crippen molar-refractivity contribution in [1.82, 2.24) is 0 Å². The quantitative estimate of drug-likeness (QED) is 0.651. The molecule has 0 spiro atoms. The minimum absolute atomic E-state index is 0.228. The Hall–Kier alpha value is -1.53. The van der Waals surface area contributed by atoms with Gasteiger partial charge in [0.2, 0.25) is 0 Å². The minimum atomic E-state index is 0.228. The van der Waals surface area contributed by atoms with Gasteiger partial charge in [-0.25, -0.2) is 0 Å². The van der Waals surface area contributed by atoms with E-state index in [0.29, 0.717) is 17.9 Å². The highest BCUT2D eigenvalue weighted by Gasteiger charge is 2.23. The fourth-order valence-corrected chi connectivity index (χ4v) is 1.03. The van der Waals surface area contributed by atoms with Crippen LogP contribution in [0.5, 0.6) is 5.75 Å². The van der Waals surface area contributed by atoms with Crippen molar-refractivity contribution in [2.24, 2.45) is 0 Å². The molecule has 0 N–H and O–H groups in total. The number of hydrogen-bond acceptors (Lipinski definition) is 3.